The molecule has 0 spiro atoms. The van der Waals surface area contributed by atoms with Crippen LogP contribution in [0.4, 0.5) is 0 Å². The lowest BCUT2D eigenvalue weighted by molar-refractivity contribution is -0.909. The maximum Gasteiger partial charge on any atom is 0.231 e. The van der Waals surface area contributed by atoms with Gasteiger partial charge in [0.05, 0.1) is 32.0 Å². The van der Waals surface area contributed by atoms with E-state index in [1.807, 2.05) is 30.3 Å². The van der Waals surface area contributed by atoms with Gasteiger partial charge >= 0.3 is 0 Å². The minimum atomic E-state index is -0.0755. The second kappa shape index (κ2) is 6.24. The van der Waals surface area contributed by atoms with Gasteiger partial charge in [0, 0.05) is 6.42 Å². The van der Waals surface area contributed by atoms with Gasteiger partial charge in [-0.15, -0.1) is 5.10 Å². The summed E-state index contributed by atoms with van der Waals surface area (Å²) in [4.78, 5) is 1.30. The van der Waals surface area contributed by atoms with Gasteiger partial charge < -0.3 is 19.1 Å². The highest BCUT2D eigenvalue weighted by atomic mass is 16.7. The minimum absolute atomic E-state index is 0.0755. The summed E-state index contributed by atoms with van der Waals surface area (Å²) in [5.74, 6) is 2.89. The van der Waals surface area contributed by atoms with E-state index in [2.05, 4.69) is 28.6 Å². The van der Waals surface area contributed by atoms with Gasteiger partial charge in [0.1, 0.15) is 0 Å². The molecular formula is C19H20N5O3+. The normalized spacial score (nSPS) is 20.4. The largest absolute Gasteiger partial charge is 0.492 e. The standard InChI is InChI=1S/C19H19N5O3/c1-23-9-8-12-10-14-17(27-11-26-14)18(25-2)15(12)16(23)19-20-21-22-24(19)13-6-4-3-5-7-13/h3-7,10,16H,8-9,11H2,1-2H3/p+1/t16-/m1/s1. The second-order valence-corrected chi connectivity index (χ2v) is 6.78. The molecule has 2 aliphatic heterocycles. The van der Waals surface area contributed by atoms with E-state index in [1.165, 1.54) is 10.5 Å². The number of benzene rings is 2. The maximum absolute atomic E-state index is 5.78. The van der Waals surface area contributed by atoms with Gasteiger partial charge in [-0.3, -0.25) is 0 Å². The topological polar surface area (TPSA) is 75.7 Å². The summed E-state index contributed by atoms with van der Waals surface area (Å²) < 4.78 is 18.9. The number of tetrazole rings is 1. The van der Waals surface area contributed by atoms with Crippen molar-refractivity contribution in [3.05, 3.63) is 53.3 Å². The van der Waals surface area contributed by atoms with Gasteiger partial charge in [0.25, 0.3) is 0 Å². The van der Waals surface area contributed by atoms with Crippen LogP contribution in [0.15, 0.2) is 36.4 Å². The highest BCUT2D eigenvalue weighted by Crippen LogP contribution is 2.48. The molecule has 2 atom stereocenters. The van der Waals surface area contributed by atoms with Crippen molar-refractivity contribution in [1.29, 1.82) is 0 Å². The molecule has 3 heterocycles. The van der Waals surface area contributed by atoms with Gasteiger partial charge in [0.2, 0.25) is 18.4 Å². The summed E-state index contributed by atoms with van der Waals surface area (Å²) in [5, 5.41) is 12.6. The number of methoxy groups -OCH3 is 1. The fourth-order valence-electron chi connectivity index (χ4n) is 4.00. The Morgan fingerprint density at radius 1 is 1.22 bits per heavy atom. The van der Waals surface area contributed by atoms with Crippen molar-refractivity contribution < 1.29 is 19.1 Å². The Kier molecular flexibility index (Phi) is 3.71. The van der Waals surface area contributed by atoms with Gasteiger partial charge in [-0.2, -0.15) is 4.68 Å². The number of para-hydroxylation sites is 1. The first-order valence-electron chi connectivity index (χ1n) is 8.93. The van der Waals surface area contributed by atoms with Crippen molar-refractivity contribution in [3.63, 3.8) is 0 Å². The van der Waals surface area contributed by atoms with E-state index in [0.717, 1.165) is 35.8 Å². The molecule has 0 bridgehead atoms. The average Bonchev–Trinajstić information content (AvgIpc) is 3.36. The second-order valence-electron chi connectivity index (χ2n) is 6.78. The molecule has 8 heteroatoms. The molecule has 2 aromatic carbocycles. The predicted octanol–water partition coefficient (Wildman–Crippen LogP) is 0.560. The zero-order valence-electron chi connectivity index (χ0n) is 15.2. The SMILES string of the molecule is COc1c2c(cc3c1[C@H](c1nnnn1-c1ccccc1)[NH+](C)CC3)OCO2. The summed E-state index contributed by atoms with van der Waals surface area (Å²) in [6.07, 6.45) is 0.928. The van der Waals surface area contributed by atoms with Crippen molar-refractivity contribution >= 4 is 0 Å². The summed E-state index contributed by atoms with van der Waals surface area (Å²) in [6, 6.07) is 11.9. The van der Waals surface area contributed by atoms with Gasteiger partial charge in [-0.05, 0) is 34.2 Å². The number of nitrogens with one attached hydrogen (secondary N) is 1. The third kappa shape index (κ3) is 2.44. The zero-order chi connectivity index (χ0) is 18.4. The first-order valence-corrected chi connectivity index (χ1v) is 8.93. The number of fused-ring (bicyclic) bond motifs is 2. The fourth-order valence-corrected chi connectivity index (χ4v) is 4.00. The van der Waals surface area contributed by atoms with E-state index in [4.69, 9.17) is 14.2 Å². The van der Waals surface area contributed by atoms with Crippen LogP contribution in [-0.2, 0) is 6.42 Å². The number of hydrogen-bond acceptors (Lipinski definition) is 6. The highest BCUT2D eigenvalue weighted by Gasteiger charge is 2.40. The third-order valence-corrected chi connectivity index (χ3v) is 5.27. The smallest absolute Gasteiger partial charge is 0.231 e. The quantitative estimate of drug-likeness (QED) is 0.730. The molecule has 0 aliphatic carbocycles. The van der Waals surface area contributed by atoms with Crippen molar-refractivity contribution in [2.24, 2.45) is 0 Å². The number of likely N-dealkylation sites (N-methyl/N-ethyl adjacent to an activating group) is 1. The third-order valence-electron chi connectivity index (χ3n) is 5.27. The lowest BCUT2D eigenvalue weighted by atomic mass is 9.90. The molecule has 1 aromatic heterocycles. The van der Waals surface area contributed by atoms with Crippen LogP contribution >= 0.6 is 0 Å². The molecule has 3 aromatic rings. The molecule has 1 N–H and O–H groups in total. The van der Waals surface area contributed by atoms with Crippen molar-refractivity contribution in [2.75, 3.05) is 27.5 Å². The average molecular weight is 366 g/mol. The van der Waals surface area contributed by atoms with Crippen LogP contribution in [0.25, 0.3) is 5.69 Å². The Bertz CT molecular complexity index is 989. The fraction of sp³-hybridized carbons (Fsp3) is 0.316. The number of quaternary nitrogens is 1. The molecule has 0 amide bonds. The molecule has 0 saturated heterocycles. The Balaban J connectivity index is 1.71. The van der Waals surface area contributed by atoms with Crippen LogP contribution in [0.2, 0.25) is 0 Å². The summed E-state index contributed by atoms with van der Waals surface area (Å²) in [7, 11) is 3.82. The Labute approximate surface area is 156 Å². The minimum Gasteiger partial charge on any atom is -0.492 e. The molecule has 2 aliphatic rings. The van der Waals surface area contributed by atoms with E-state index in [-0.39, 0.29) is 12.8 Å². The monoisotopic (exact) mass is 366 g/mol. The van der Waals surface area contributed by atoms with Crippen LogP contribution in [0, 0.1) is 0 Å². The van der Waals surface area contributed by atoms with Crippen LogP contribution < -0.4 is 19.1 Å². The summed E-state index contributed by atoms with van der Waals surface area (Å²) >= 11 is 0. The number of rotatable bonds is 3. The number of nitrogens with zero attached hydrogens (tertiary/aromatic N) is 4. The van der Waals surface area contributed by atoms with E-state index in [0.29, 0.717) is 11.5 Å². The summed E-state index contributed by atoms with van der Waals surface area (Å²) in [5.41, 5.74) is 3.18. The lowest BCUT2D eigenvalue weighted by Gasteiger charge is -2.32. The van der Waals surface area contributed by atoms with Gasteiger partial charge in [0.15, 0.2) is 17.5 Å². The molecule has 27 heavy (non-hydrogen) atoms. The molecule has 0 saturated carbocycles. The van der Waals surface area contributed by atoms with Crippen LogP contribution in [0.3, 0.4) is 0 Å². The molecule has 0 fully saturated rings. The molecule has 5 rings (SSSR count). The number of hydrogen-bond donors (Lipinski definition) is 1. The Morgan fingerprint density at radius 2 is 2.07 bits per heavy atom. The molecular weight excluding hydrogens is 346 g/mol. The van der Waals surface area contributed by atoms with Crippen LogP contribution in [0.5, 0.6) is 17.2 Å². The zero-order valence-corrected chi connectivity index (χ0v) is 15.2. The van der Waals surface area contributed by atoms with E-state index >= 15 is 0 Å². The van der Waals surface area contributed by atoms with Crippen molar-refractivity contribution in [2.45, 2.75) is 12.5 Å². The van der Waals surface area contributed by atoms with Gasteiger partial charge in [-0.25, -0.2) is 0 Å². The van der Waals surface area contributed by atoms with Crippen LogP contribution in [0.1, 0.15) is 23.0 Å². The van der Waals surface area contributed by atoms with Crippen molar-refractivity contribution in [1.82, 2.24) is 20.2 Å². The molecule has 8 nitrogen and oxygen atoms in total. The Morgan fingerprint density at radius 3 is 2.89 bits per heavy atom. The Hall–Kier alpha value is -3.13. The number of ether oxygens (including phenoxy) is 3. The van der Waals surface area contributed by atoms with Crippen LogP contribution in [-0.4, -0.2) is 47.7 Å². The lowest BCUT2D eigenvalue weighted by Crippen LogP contribution is -3.10. The first-order chi connectivity index (χ1) is 13.3. The van der Waals surface area contributed by atoms with Gasteiger partial charge in [-0.1, -0.05) is 18.2 Å². The summed E-state index contributed by atoms with van der Waals surface area (Å²) in [6.45, 7) is 1.17. The number of aromatic nitrogens is 4. The predicted molar refractivity (Wildman–Crippen MR) is 95.6 cm³/mol. The van der Waals surface area contributed by atoms with Crippen molar-refractivity contribution in [3.8, 4) is 22.9 Å². The van der Waals surface area contributed by atoms with E-state index in [9.17, 15) is 0 Å². The molecule has 0 radical (unpaired) electrons. The first kappa shape index (κ1) is 16.1. The maximum atomic E-state index is 5.78. The van der Waals surface area contributed by atoms with E-state index < -0.39 is 0 Å². The molecule has 138 valence electrons. The highest BCUT2D eigenvalue weighted by molar-refractivity contribution is 5.62. The van der Waals surface area contributed by atoms with E-state index in [1.54, 1.807) is 11.8 Å². The molecule has 1 unspecified atom stereocenters.